The van der Waals surface area contributed by atoms with Gasteiger partial charge in [0.05, 0.1) is 0 Å². The summed E-state index contributed by atoms with van der Waals surface area (Å²) >= 11 is 0. The summed E-state index contributed by atoms with van der Waals surface area (Å²) in [5.74, 6) is 5.35. The van der Waals surface area contributed by atoms with Crippen molar-refractivity contribution >= 4 is 0 Å². The minimum absolute atomic E-state index is 0. The van der Waals surface area contributed by atoms with Crippen LogP contribution in [0.25, 0.3) is 0 Å². The zero-order valence-corrected chi connectivity index (χ0v) is 8.54. The maximum Gasteiger partial charge on any atom is 0 e. The molecule has 11 heavy (non-hydrogen) atoms. The summed E-state index contributed by atoms with van der Waals surface area (Å²) in [6.45, 7) is 0. The van der Waals surface area contributed by atoms with Crippen LogP contribution in [0.1, 0.15) is 38.5 Å². The van der Waals surface area contributed by atoms with Crippen molar-refractivity contribution in [1.82, 2.24) is 0 Å². The van der Waals surface area contributed by atoms with Crippen LogP contribution in [0.2, 0.25) is 0 Å². The monoisotopic (exact) mass is 183 g/mol. The molecule has 4 fully saturated rings. The molecule has 1 heteroatoms. The summed E-state index contributed by atoms with van der Waals surface area (Å²) in [5, 5.41) is 0. The van der Waals surface area contributed by atoms with Crippen LogP contribution in [0.15, 0.2) is 0 Å². The SMILES string of the molecule is C1[C-]2CC3CC1CC(C2)C3.[Ti]. The van der Waals surface area contributed by atoms with Gasteiger partial charge in [0.25, 0.3) is 0 Å². The van der Waals surface area contributed by atoms with Crippen molar-refractivity contribution in [3.63, 3.8) is 0 Å². The zero-order chi connectivity index (χ0) is 6.55. The average molecular weight is 183 g/mol. The Morgan fingerprint density at radius 2 is 1.09 bits per heavy atom. The molecule has 4 aliphatic carbocycles. The van der Waals surface area contributed by atoms with E-state index < -0.39 is 0 Å². The molecule has 0 radical (unpaired) electrons. The molecule has 0 unspecified atom stereocenters. The van der Waals surface area contributed by atoms with Crippen LogP contribution in [-0.2, 0) is 21.7 Å². The van der Waals surface area contributed by atoms with E-state index in [0.29, 0.717) is 0 Å². The van der Waals surface area contributed by atoms with Gasteiger partial charge in [0.15, 0.2) is 0 Å². The van der Waals surface area contributed by atoms with E-state index in [9.17, 15) is 0 Å². The Labute approximate surface area is 84.0 Å². The Morgan fingerprint density at radius 1 is 0.727 bits per heavy atom. The van der Waals surface area contributed by atoms with Crippen molar-refractivity contribution in [1.29, 1.82) is 0 Å². The molecule has 0 spiro atoms. The van der Waals surface area contributed by atoms with Crippen molar-refractivity contribution < 1.29 is 21.7 Å². The predicted octanol–water partition coefficient (Wildman–Crippen LogP) is 2.79. The first-order valence-corrected chi connectivity index (χ1v) is 4.73. The summed E-state index contributed by atoms with van der Waals surface area (Å²) in [4.78, 5) is 0. The molecule has 0 N–H and O–H groups in total. The second kappa shape index (κ2) is 2.89. The summed E-state index contributed by atoms with van der Waals surface area (Å²) < 4.78 is 0. The standard InChI is InChI=1S/C10H15.Ti/c1-7-2-9-4-8(1)5-10(3-7)6-9;/h7-9H,1-6H2;/q-1;. The minimum atomic E-state index is 0. The molecule has 0 aromatic rings. The fourth-order valence-corrected chi connectivity index (χ4v) is 3.68. The van der Waals surface area contributed by atoms with Gasteiger partial charge in [0.2, 0.25) is 0 Å². The smallest absolute Gasteiger partial charge is 0 e. The molecule has 0 amide bonds. The van der Waals surface area contributed by atoms with E-state index in [4.69, 9.17) is 0 Å². The zero-order valence-electron chi connectivity index (χ0n) is 6.97. The number of hydrogen-bond donors (Lipinski definition) is 0. The molecule has 0 nitrogen and oxygen atoms in total. The first-order valence-electron chi connectivity index (χ1n) is 4.73. The Kier molecular flexibility index (Phi) is 2.18. The molecule has 4 saturated carbocycles. The third-order valence-electron chi connectivity index (χ3n) is 3.73. The van der Waals surface area contributed by atoms with Gasteiger partial charge in [-0.25, -0.2) is 0 Å². The van der Waals surface area contributed by atoms with Crippen molar-refractivity contribution in [3.8, 4) is 0 Å². The van der Waals surface area contributed by atoms with Crippen LogP contribution in [0.4, 0.5) is 0 Å². The van der Waals surface area contributed by atoms with Crippen molar-refractivity contribution in [2.24, 2.45) is 17.8 Å². The van der Waals surface area contributed by atoms with Crippen LogP contribution in [-0.4, -0.2) is 0 Å². The second-order valence-electron chi connectivity index (χ2n) is 4.67. The van der Waals surface area contributed by atoms with E-state index in [0.717, 1.165) is 17.8 Å². The largest absolute Gasteiger partial charge is 0.313 e. The van der Waals surface area contributed by atoms with Crippen LogP contribution in [0.3, 0.4) is 0 Å². The van der Waals surface area contributed by atoms with Gasteiger partial charge in [0, 0.05) is 21.7 Å². The normalized spacial score (nSPS) is 47.5. The van der Waals surface area contributed by atoms with Gasteiger partial charge >= 0.3 is 0 Å². The van der Waals surface area contributed by atoms with E-state index in [1.54, 1.807) is 19.3 Å². The molecule has 0 atom stereocenters. The van der Waals surface area contributed by atoms with E-state index in [-0.39, 0.29) is 21.7 Å². The molecule has 0 aliphatic heterocycles. The van der Waals surface area contributed by atoms with Crippen LogP contribution in [0.5, 0.6) is 0 Å². The van der Waals surface area contributed by atoms with E-state index in [2.05, 4.69) is 0 Å². The molecule has 4 rings (SSSR count). The van der Waals surface area contributed by atoms with Gasteiger partial charge in [-0.3, -0.25) is 0 Å². The van der Waals surface area contributed by atoms with Crippen LogP contribution < -0.4 is 0 Å². The van der Waals surface area contributed by atoms with E-state index in [1.807, 2.05) is 5.92 Å². The maximum atomic E-state index is 1.93. The first-order chi connectivity index (χ1) is 4.90. The van der Waals surface area contributed by atoms with Gasteiger partial charge in [-0.2, -0.15) is 19.3 Å². The Bertz CT molecular complexity index is 96.4. The fourth-order valence-electron chi connectivity index (χ4n) is 3.68. The third-order valence-corrected chi connectivity index (χ3v) is 3.73. The summed E-state index contributed by atoms with van der Waals surface area (Å²) in [6.07, 6.45) is 9.31. The molecule has 0 aromatic carbocycles. The van der Waals surface area contributed by atoms with E-state index >= 15 is 0 Å². The van der Waals surface area contributed by atoms with Crippen molar-refractivity contribution in [2.45, 2.75) is 38.5 Å². The maximum absolute atomic E-state index is 1.93. The number of rotatable bonds is 0. The van der Waals surface area contributed by atoms with Crippen LogP contribution in [0, 0.1) is 23.7 Å². The van der Waals surface area contributed by atoms with Gasteiger partial charge < -0.3 is 5.92 Å². The topological polar surface area (TPSA) is 0 Å². The summed E-state index contributed by atoms with van der Waals surface area (Å²) in [5.41, 5.74) is 0. The quantitative estimate of drug-likeness (QED) is 0.400. The molecule has 60 valence electrons. The minimum Gasteiger partial charge on any atom is -0.313 e. The first kappa shape index (κ1) is 8.32. The molecule has 0 heterocycles. The molecule has 0 saturated heterocycles. The molecule has 4 aliphatic rings. The summed E-state index contributed by atoms with van der Waals surface area (Å²) in [7, 11) is 0. The Morgan fingerprint density at radius 3 is 1.36 bits per heavy atom. The Balaban J connectivity index is 0.000000480. The fraction of sp³-hybridized carbons (Fsp3) is 0.900. The number of hydrogen-bond acceptors (Lipinski definition) is 0. The average Bonchev–Trinajstić information content (AvgIpc) is 1.82. The van der Waals surface area contributed by atoms with Crippen molar-refractivity contribution in [3.05, 3.63) is 5.92 Å². The van der Waals surface area contributed by atoms with Gasteiger partial charge in [-0.1, -0.05) is 37.0 Å². The van der Waals surface area contributed by atoms with Gasteiger partial charge in [-0.15, -0.1) is 0 Å². The molecule has 4 bridgehead atoms. The van der Waals surface area contributed by atoms with Gasteiger partial charge in [0.1, 0.15) is 0 Å². The van der Waals surface area contributed by atoms with Crippen molar-refractivity contribution in [2.75, 3.05) is 0 Å². The predicted molar refractivity (Wildman–Crippen MR) is 41.4 cm³/mol. The third kappa shape index (κ3) is 1.33. The molecular formula is C10H15Ti-. The van der Waals surface area contributed by atoms with E-state index in [1.165, 1.54) is 19.3 Å². The second-order valence-corrected chi connectivity index (χ2v) is 4.67. The van der Waals surface area contributed by atoms with Gasteiger partial charge in [-0.05, 0) is 0 Å². The summed E-state index contributed by atoms with van der Waals surface area (Å²) in [6, 6.07) is 0. The van der Waals surface area contributed by atoms with Crippen LogP contribution >= 0.6 is 0 Å². The molecular weight excluding hydrogens is 168 g/mol. The molecule has 0 aromatic heterocycles. The Hall–Kier alpha value is 0.714.